The number of amides is 1. The van der Waals surface area contributed by atoms with E-state index in [2.05, 4.69) is 5.32 Å². The molecule has 8 heteroatoms. The number of aromatic nitrogens is 2. The molecule has 1 aliphatic rings. The van der Waals surface area contributed by atoms with Crippen molar-refractivity contribution >= 4 is 27.5 Å². The minimum atomic E-state index is -0.163. The molecule has 7 nitrogen and oxygen atoms in total. The average molecular weight is 456 g/mol. The molecule has 0 fully saturated rings. The quantitative estimate of drug-likeness (QED) is 0.558. The van der Waals surface area contributed by atoms with Gasteiger partial charge in [0.05, 0.1) is 23.5 Å². The van der Waals surface area contributed by atoms with E-state index in [1.165, 1.54) is 11.3 Å². The van der Waals surface area contributed by atoms with E-state index in [4.69, 9.17) is 14.5 Å². The van der Waals surface area contributed by atoms with Crippen LogP contribution < -0.4 is 20.3 Å². The van der Waals surface area contributed by atoms with Crippen LogP contribution in [0.5, 0.6) is 11.5 Å². The van der Waals surface area contributed by atoms with Crippen LogP contribution in [0.4, 0.5) is 0 Å². The summed E-state index contributed by atoms with van der Waals surface area (Å²) in [5.74, 6) is 2.12. The first-order valence-electron chi connectivity index (χ1n) is 11.2. The summed E-state index contributed by atoms with van der Waals surface area (Å²) in [6.07, 6.45) is 3.52. The molecule has 0 radical (unpaired) electrons. The van der Waals surface area contributed by atoms with Gasteiger partial charge in [0.2, 0.25) is 0 Å². The van der Waals surface area contributed by atoms with Gasteiger partial charge in [0.1, 0.15) is 10.7 Å². The second-order valence-corrected chi connectivity index (χ2v) is 8.83. The maximum atomic E-state index is 13.0. The van der Waals surface area contributed by atoms with Gasteiger partial charge in [-0.2, -0.15) is 0 Å². The fourth-order valence-electron chi connectivity index (χ4n) is 4.10. The molecule has 3 aromatic rings. The van der Waals surface area contributed by atoms with Crippen LogP contribution in [0.2, 0.25) is 0 Å². The average Bonchev–Trinajstić information content (AvgIpc) is 3.12. The van der Waals surface area contributed by atoms with E-state index >= 15 is 0 Å². The summed E-state index contributed by atoms with van der Waals surface area (Å²) in [5, 5.41) is 3.57. The van der Waals surface area contributed by atoms with Crippen LogP contribution in [0.25, 0.3) is 10.2 Å². The molecule has 32 heavy (non-hydrogen) atoms. The van der Waals surface area contributed by atoms with Gasteiger partial charge in [0.15, 0.2) is 11.5 Å². The Labute approximate surface area is 191 Å². The molecule has 1 N–H and O–H groups in total. The summed E-state index contributed by atoms with van der Waals surface area (Å²) < 4.78 is 13.1. The van der Waals surface area contributed by atoms with Gasteiger partial charge >= 0.3 is 0 Å². The second kappa shape index (κ2) is 9.73. The molecule has 1 amide bonds. The molecule has 2 aromatic heterocycles. The molecular formula is C24H29N3O4S. The predicted octanol–water partition coefficient (Wildman–Crippen LogP) is 3.87. The molecule has 0 saturated carbocycles. The summed E-state index contributed by atoms with van der Waals surface area (Å²) >= 11 is 1.31. The number of nitrogens with zero attached hydrogens (tertiary/aromatic N) is 2. The highest BCUT2D eigenvalue weighted by atomic mass is 32.1. The smallest absolute Gasteiger partial charge is 0.262 e. The standard InChI is InChI=1S/C24H29N3O4S/c1-4-30-17-10-9-16(14-18(17)31-5-2)11-12-25-22(28)21-15(3)20-23(32-21)26-19-8-6-7-13-27(19)24(20)29/h9-10,14H,4-8,11-13H2,1-3H3,(H,25,28). The Morgan fingerprint density at radius 2 is 1.97 bits per heavy atom. The number of hydrogen-bond acceptors (Lipinski definition) is 6. The summed E-state index contributed by atoms with van der Waals surface area (Å²) in [7, 11) is 0. The summed E-state index contributed by atoms with van der Waals surface area (Å²) in [4.78, 5) is 31.8. The minimum Gasteiger partial charge on any atom is -0.490 e. The van der Waals surface area contributed by atoms with Crippen molar-refractivity contribution in [3.63, 3.8) is 0 Å². The maximum Gasteiger partial charge on any atom is 0.262 e. The third-order valence-electron chi connectivity index (χ3n) is 5.67. The SMILES string of the molecule is CCOc1ccc(CCNC(=O)c2sc3nc4n(c(=O)c3c2C)CCCC4)cc1OCC. The summed E-state index contributed by atoms with van der Waals surface area (Å²) in [5.41, 5.74) is 1.76. The van der Waals surface area contributed by atoms with Crippen molar-refractivity contribution < 1.29 is 14.3 Å². The van der Waals surface area contributed by atoms with Gasteiger partial charge in [0.25, 0.3) is 11.5 Å². The predicted molar refractivity (Wildman–Crippen MR) is 126 cm³/mol. The third-order valence-corrected chi connectivity index (χ3v) is 6.86. The van der Waals surface area contributed by atoms with E-state index in [1.807, 2.05) is 39.0 Å². The molecule has 170 valence electrons. The number of nitrogens with one attached hydrogen (secondary N) is 1. The molecule has 0 aliphatic carbocycles. The molecule has 0 unspecified atom stereocenters. The van der Waals surface area contributed by atoms with Gasteiger partial charge in [-0.3, -0.25) is 14.2 Å². The fraction of sp³-hybridized carbons (Fsp3) is 0.458. The first kappa shape index (κ1) is 22.3. The Hall–Kier alpha value is -2.87. The third kappa shape index (κ3) is 4.37. The van der Waals surface area contributed by atoms with Crippen LogP contribution in [0.3, 0.4) is 0 Å². The zero-order chi connectivity index (χ0) is 22.7. The highest BCUT2D eigenvalue weighted by Crippen LogP contribution is 2.30. The van der Waals surface area contributed by atoms with E-state index in [-0.39, 0.29) is 11.5 Å². The van der Waals surface area contributed by atoms with Crippen molar-refractivity contribution in [1.82, 2.24) is 14.9 Å². The van der Waals surface area contributed by atoms with Crippen LogP contribution in [0, 0.1) is 6.92 Å². The van der Waals surface area contributed by atoms with Crippen molar-refractivity contribution in [2.75, 3.05) is 19.8 Å². The van der Waals surface area contributed by atoms with Gasteiger partial charge in [0, 0.05) is 19.5 Å². The number of carbonyl (C=O) groups excluding carboxylic acids is 1. The number of fused-ring (bicyclic) bond motifs is 2. The minimum absolute atomic E-state index is 0.0182. The van der Waals surface area contributed by atoms with Crippen LogP contribution in [-0.2, 0) is 19.4 Å². The summed E-state index contributed by atoms with van der Waals surface area (Å²) in [6.45, 7) is 8.04. The zero-order valence-corrected chi connectivity index (χ0v) is 19.6. The van der Waals surface area contributed by atoms with E-state index in [0.29, 0.717) is 53.6 Å². The normalized spacial score (nSPS) is 13.1. The van der Waals surface area contributed by atoms with Crippen molar-refractivity contribution in [3.05, 3.63) is 50.4 Å². The topological polar surface area (TPSA) is 82.5 Å². The monoisotopic (exact) mass is 455 g/mol. The molecule has 4 rings (SSSR count). The zero-order valence-electron chi connectivity index (χ0n) is 18.8. The van der Waals surface area contributed by atoms with Crippen molar-refractivity contribution in [2.45, 2.75) is 53.0 Å². The number of rotatable bonds is 8. The largest absolute Gasteiger partial charge is 0.490 e. The van der Waals surface area contributed by atoms with E-state index in [9.17, 15) is 9.59 Å². The highest BCUT2D eigenvalue weighted by molar-refractivity contribution is 7.20. The van der Waals surface area contributed by atoms with Crippen LogP contribution in [0.1, 0.15) is 53.3 Å². The van der Waals surface area contributed by atoms with Gasteiger partial charge in [-0.15, -0.1) is 11.3 Å². The Morgan fingerprint density at radius 3 is 2.75 bits per heavy atom. The molecule has 1 aliphatic heterocycles. The fourth-order valence-corrected chi connectivity index (χ4v) is 5.21. The van der Waals surface area contributed by atoms with Crippen LogP contribution in [0.15, 0.2) is 23.0 Å². The number of carbonyl (C=O) groups is 1. The van der Waals surface area contributed by atoms with Crippen molar-refractivity contribution in [1.29, 1.82) is 0 Å². The highest BCUT2D eigenvalue weighted by Gasteiger charge is 2.22. The van der Waals surface area contributed by atoms with Gasteiger partial charge in [-0.05, 0) is 63.3 Å². The Morgan fingerprint density at radius 1 is 1.19 bits per heavy atom. The molecule has 0 saturated heterocycles. The Bertz CT molecular complexity index is 1200. The molecule has 0 spiro atoms. The molecule has 0 atom stereocenters. The lowest BCUT2D eigenvalue weighted by molar-refractivity contribution is 0.0957. The Balaban J connectivity index is 1.48. The number of thiophene rings is 1. The first-order chi connectivity index (χ1) is 15.5. The lowest BCUT2D eigenvalue weighted by Gasteiger charge is -2.16. The molecular weight excluding hydrogens is 426 g/mol. The Kier molecular flexibility index (Phi) is 6.79. The lowest BCUT2D eigenvalue weighted by atomic mass is 10.1. The van der Waals surface area contributed by atoms with Gasteiger partial charge < -0.3 is 14.8 Å². The van der Waals surface area contributed by atoms with Gasteiger partial charge in [-0.25, -0.2) is 4.98 Å². The number of benzene rings is 1. The van der Waals surface area contributed by atoms with Crippen LogP contribution >= 0.6 is 11.3 Å². The van der Waals surface area contributed by atoms with E-state index in [0.717, 1.165) is 42.0 Å². The molecule has 3 heterocycles. The number of ether oxygens (including phenoxy) is 2. The van der Waals surface area contributed by atoms with E-state index < -0.39 is 0 Å². The molecule has 1 aromatic carbocycles. The van der Waals surface area contributed by atoms with Crippen LogP contribution in [-0.4, -0.2) is 35.2 Å². The number of hydrogen-bond donors (Lipinski definition) is 1. The lowest BCUT2D eigenvalue weighted by Crippen LogP contribution is -2.28. The van der Waals surface area contributed by atoms with Crippen molar-refractivity contribution in [3.8, 4) is 11.5 Å². The van der Waals surface area contributed by atoms with E-state index in [1.54, 1.807) is 4.57 Å². The van der Waals surface area contributed by atoms with Gasteiger partial charge in [-0.1, -0.05) is 6.07 Å². The maximum absolute atomic E-state index is 13.0. The second-order valence-electron chi connectivity index (χ2n) is 7.83. The van der Waals surface area contributed by atoms with Crippen molar-refractivity contribution in [2.24, 2.45) is 0 Å². The molecule has 0 bridgehead atoms. The number of aryl methyl sites for hydroxylation is 2. The first-order valence-corrected chi connectivity index (χ1v) is 12.0. The summed E-state index contributed by atoms with van der Waals surface area (Å²) in [6, 6.07) is 5.85.